The van der Waals surface area contributed by atoms with Crippen molar-refractivity contribution in [3.05, 3.63) is 23.3 Å². The minimum absolute atomic E-state index is 0.278. The summed E-state index contributed by atoms with van der Waals surface area (Å²) < 4.78 is 10.0. The van der Waals surface area contributed by atoms with E-state index in [1.807, 2.05) is 0 Å². The van der Waals surface area contributed by atoms with Crippen LogP contribution in [0.5, 0.6) is 5.75 Å². The molecule has 0 heterocycles. The minimum atomic E-state index is -0.530. The first-order valence-electron chi connectivity index (χ1n) is 7.60. The predicted octanol–water partition coefficient (Wildman–Crippen LogP) is 3.09. The van der Waals surface area contributed by atoms with E-state index in [0.29, 0.717) is 23.2 Å². The molecule has 1 N–H and O–H groups in total. The van der Waals surface area contributed by atoms with Crippen LogP contribution in [0.1, 0.15) is 56.0 Å². The van der Waals surface area contributed by atoms with E-state index >= 15 is 0 Å². The lowest BCUT2D eigenvalue weighted by atomic mass is 9.99. The molecule has 1 rings (SSSR count). The second kappa shape index (κ2) is 8.92. The van der Waals surface area contributed by atoms with Gasteiger partial charge in [0.15, 0.2) is 0 Å². The van der Waals surface area contributed by atoms with Gasteiger partial charge in [-0.05, 0) is 18.9 Å². The van der Waals surface area contributed by atoms with Crippen LogP contribution in [0.25, 0.3) is 0 Å². The highest BCUT2D eigenvalue weighted by molar-refractivity contribution is 5.96. The summed E-state index contributed by atoms with van der Waals surface area (Å²) in [5.74, 6) is -1.02. The maximum Gasteiger partial charge on any atom is 0.338 e. The Hall–Kier alpha value is -2.37. The largest absolute Gasteiger partial charge is 0.465 e. The molecule has 0 saturated heterocycles. The van der Waals surface area contributed by atoms with Crippen LogP contribution in [0.3, 0.4) is 0 Å². The standard InChI is InChI=1S/C17H23NO5/c1-5-6-7-8-14-15(17(21)22-4)9-13(18-11(2)19)10-16(14)23-12(3)20/h9-10H,5-8H2,1-4H3,(H,18,19). The van der Waals surface area contributed by atoms with Gasteiger partial charge in [-0.25, -0.2) is 4.79 Å². The monoisotopic (exact) mass is 321 g/mol. The maximum absolute atomic E-state index is 12.1. The van der Waals surface area contributed by atoms with Crippen LogP contribution in [-0.4, -0.2) is 25.0 Å². The lowest BCUT2D eigenvalue weighted by Crippen LogP contribution is -2.13. The van der Waals surface area contributed by atoms with Crippen LogP contribution < -0.4 is 10.1 Å². The average Bonchev–Trinajstić information content (AvgIpc) is 2.47. The number of carbonyl (C=O) groups excluding carboxylic acids is 3. The number of unbranched alkanes of at least 4 members (excludes halogenated alkanes) is 2. The summed E-state index contributed by atoms with van der Waals surface area (Å²) in [6, 6.07) is 3.10. The van der Waals surface area contributed by atoms with Gasteiger partial charge >= 0.3 is 11.9 Å². The van der Waals surface area contributed by atoms with Crippen molar-refractivity contribution in [1.82, 2.24) is 0 Å². The molecule has 0 bridgehead atoms. The van der Waals surface area contributed by atoms with Gasteiger partial charge in [-0.15, -0.1) is 0 Å². The fourth-order valence-corrected chi connectivity index (χ4v) is 2.27. The van der Waals surface area contributed by atoms with Crippen LogP contribution in [0.15, 0.2) is 12.1 Å². The number of nitrogens with one attached hydrogen (secondary N) is 1. The SMILES string of the molecule is CCCCCc1c(OC(C)=O)cc(NC(C)=O)cc1C(=O)OC. The molecule has 1 aromatic rings. The van der Waals surface area contributed by atoms with Gasteiger partial charge in [0.2, 0.25) is 5.91 Å². The number of benzene rings is 1. The fourth-order valence-electron chi connectivity index (χ4n) is 2.27. The van der Waals surface area contributed by atoms with Crippen LogP contribution >= 0.6 is 0 Å². The van der Waals surface area contributed by atoms with Gasteiger partial charge in [0, 0.05) is 31.2 Å². The minimum Gasteiger partial charge on any atom is -0.465 e. The molecule has 126 valence electrons. The fraction of sp³-hybridized carbons (Fsp3) is 0.471. The van der Waals surface area contributed by atoms with E-state index in [1.165, 1.54) is 21.0 Å². The van der Waals surface area contributed by atoms with Gasteiger partial charge in [-0.2, -0.15) is 0 Å². The van der Waals surface area contributed by atoms with Crippen molar-refractivity contribution >= 4 is 23.5 Å². The number of methoxy groups -OCH3 is 1. The molecule has 6 nitrogen and oxygen atoms in total. The zero-order valence-electron chi connectivity index (χ0n) is 14.0. The molecule has 23 heavy (non-hydrogen) atoms. The zero-order chi connectivity index (χ0) is 17.4. The number of rotatable bonds is 7. The Morgan fingerprint density at radius 2 is 1.83 bits per heavy atom. The number of amides is 1. The quantitative estimate of drug-likeness (QED) is 0.474. The normalized spacial score (nSPS) is 10.1. The van der Waals surface area contributed by atoms with E-state index in [2.05, 4.69) is 12.2 Å². The van der Waals surface area contributed by atoms with Gasteiger partial charge in [-0.3, -0.25) is 9.59 Å². The van der Waals surface area contributed by atoms with Gasteiger partial charge in [0.25, 0.3) is 0 Å². The topological polar surface area (TPSA) is 81.7 Å². The van der Waals surface area contributed by atoms with Crippen LogP contribution in [0.2, 0.25) is 0 Å². The first-order valence-corrected chi connectivity index (χ1v) is 7.60. The Kier molecular flexibility index (Phi) is 7.25. The summed E-state index contributed by atoms with van der Waals surface area (Å²) in [6.45, 7) is 4.73. The number of ether oxygens (including phenoxy) is 2. The van der Waals surface area contributed by atoms with E-state index in [9.17, 15) is 14.4 Å². The molecule has 0 aliphatic heterocycles. The Labute approximate surface area is 136 Å². The summed E-state index contributed by atoms with van der Waals surface area (Å²) in [5.41, 5.74) is 1.30. The molecule has 0 fully saturated rings. The number of hydrogen-bond acceptors (Lipinski definition) is 5. The van der Waals surface area contributed by atoms with Crippen molar-refractivity contribution < 1.29 is 23.9 Å². The molecule has 1 aromatic carbocycles. The molecule has 0 atom stereocenters. The third kappa shape index (κ3) is 5.73. The van der Waals surface area contributed by atoms with E-state index in [-0.39, 0.29) is 11.7 Å². The summed E-state index contributed by atoms with van der Waals surface area (Å²) >= 11 is 0. The first kappa shape index (κ1) is 18.7. The third-order valence-corrected chi connectivity index (χ3v) is 3.22. The third-order valence-electron chi connectivity index (χ3n) is 3.22. The highest BCUT2D eigenvalue weighted by Gasteiger charge is 2.19. The maximum atomic E-state index is 12.1. The average molecular weight is 321 g/mol. The van der Waals surface area contributed by atoms with Gasteiger partial charge in [0.05, 0.1) is 12.7 Å². The smallest absolute Gasteiger partial charge is 0.338 e. The summed E-state index contributed by atoms with van der Waals surface area (Å²) in [7, 11) is 1.29. The summed E-state index contributed by atoms with van der Waals surface area (Å²) in [4.78, 5) is 34.7. The van der Waals surface area contributed by atoms with Gasteiger partial charge in [-0.1, -0.05) is 19.8 Å². The Balaban J connectivity index is 3.35. The molecule has 0 saturated carbocycles. The summed E-state index contributed by atoms with van der Waals surface area (Å²) in [6.07, 6.45) is 3.46. The van der Waals surface area contributed by atoms with Crippen molar-refractivity contribution in [1.29, 1.82) is 0 Å². The number of esters is 2. The van der Waals surface area contributed by atoms with Crippen LogP contribution in [0, 0.1) is 0 Å². The van der Waals surface area contributed by atoms with Crippen molar-refractivity contribution in [2.45, 2.75) is 46.5 Å². The molecule has 0 unspecified atom stereocenters. The molecular weight excluding hydrogens is 298 g/mol. The highest BCUT2D eigenvalue weighted by atomic mass is 16.5. The molecule has 0 radical (unpaired) electrons. The van der Waals surface area contributed by atoms with E-state index in [0.717, 1.165) is 19.3 Å². The Morgan fingerprint density at radius 1 is 1.13 bits per heavy atom. The Bertz CT molecular complexity index is 595. The number of carbonyl (C=O) groups is 3. The van der Waals surface area contributed by atoms with Crippen molar-refractivity contribution in [3.8, 4) is 5.75 Å². The highest BCUT2D eigenvalue weighted by Crippen LogP contribution is 2.30. The number of hydrogen-bond donors (Lipinski definition) is 1. The van der Waals surface area contributed by atoms with Crippen molar-refractivity contribution in [2.24, 2.45) is 0 Å². The van der Waals surface area contributed by atoms with Crippen molar-refractivity contribution in [2.75, 3.05) is 12.4 Å². The van der Waals surface area contributed by atoms with Gasteiger partial charge in [0.1, 0.15) is 5.75 Å². The molecule has 0 spiro atoms. The van der Waals surface area contributed by atoms with E-state index in [4.69, 9.17) is 9.47 Å². The molecule has 0 aromatic heterocycles. The van der Waals surface area contributed by atoms with Crippen molar-refractivity contribution in [3.63, 3.8) is 0 Å². The lowest BCUT2D eigenvalue weighted by molar-refractivity contribution is -0.131. The summed E-state index contributed by atoms with van der Waals surface area (Å²) in [5, 5.41) is 2.59. The van der Waals surface area contributed by atoms with Crippen LogP contribution in [0.4, 0.5) is 5.69 Å². The van der Waals surface area contributed by atoms with E-state index in [1.54, 1.807) is 12.1 Å². The first-order chi connectivity index (χ1) is 10.9. The Morgan fingerprint density at radius 3 is 2.35 bits per heavy atom. The second-order valence-corrected chi connectivity index (χ2v) is 5.22. The lowest BCUT2D eigenvalue weighted by Gasteiger charge is -2.15. The molecule has 1 amide bonds. The molecular formula is C17H23NO5. The number of anilines is 1. The molecule has 0 aliphatic rings. The predicted molar refractivity (Wildman–Crippen MR) is 86.6 cm³/mol. The molecule has 6 heteroatoms. The molecule has 0 aliphatic carbocycles. The second-order valence-electron chi connectivity index (χ2n) is 5.22. The van der Waals surface area contributed by atoms with Crippen LogP contribution in [-0.2, 0) is 20.7 Å². The van der Waals surface area contributed by atoms with E-state index < -0.39 is 11.9 Å². The zero-order valence-corrected chi connectivity index (χ0v) is 14.0. The van der Waals surface area contributed by atoms with Gasteiger partial charge < -0.3 is 14.8 Å².